The first-order chi connectivity index (χ1) is 6.90. The van der Waals surface area contributed by atoms with E-state index in [9.17, 15) is 4.79 Å². The molecule has 0 aliphatic heterocycles. The van der Waals surface area contributed by atoms with Crippen molar-refractivity contribution in [1.29, 1.82) is 0 Å². The van der Waals surface area contributed by atoms with Crippen LogP contribution in [0.25, 0.3) is 0 Å². The molecule has 90 valence electrons. The molecule has 0 spiro atoms. The molecule has 0 heterocycles. The van der Waals surface area contributed by atoms with Gasteiger partial charge in [-0.3, -0.25) is 4.79 Å². The minimum Gasteiger partial charge on any atom is -0.394 e. The minimum absolute atomic E-state index is 0.509. The second kappa shape index (κ2) is 10.0. The van der Waals surface area contributed by atoms with Gasteiger partial charge in [0.05, 0.1) is 13.2 Å². The molecule has 0 saturated carbocycles. The van der Waals surface area contributed by atoms with Crippen LogP contribution in [0.2, 0.25) is 0 Å². The third-order valence-electron chi connectivity index (χ3n) is 1.32. The van der Waals surface area contributed by atoms with Crippen LogP contribution in [-0.2, 0) is 4.79 Å². The summed E-state index contributed by atoms with van der Waals surface area (Å²) in [5.41, 5.74) is 0. The summed E-state index contributed by atoms with van der Waals surface area (Å²) in [6.45, 7) is 1.80. The molecule has 5 N–H and O–H groups in total. The van der Waals surface area contributed by atoms with Crippen molar-refractivity contribution in [1.82, 2.24) is 0 Å². The average molecular weight is 243 g/mol. The molecule has 2 unspecified atom stereocenters. The number of rotatable bonds is 5. The predicted molar refractivity (Wildman–Crippen MR) is 53.2 cm³/mol. The fourth-order valence-corrected chi connectivity index (χ4v) is 0.472. The van der Waals surface area contributed by atoms with Gasteiger partial charge in [-0.15, -0.1) is 0 Å². The van der Waals surface area contributed by atoms with Gasteiger partial charge >= 0.3 is 0 Å². The van der Waals surface area contributed by atoms with Gasteiger partial charge in [-0.05, 0) is 17.7 Å². The number of aliphatic hydroxyl groups is 5. The van der Waals surface area contributed by atoms with Crippen molar-refractivity contribution in [2.24, 2.45) is 0 Å². The Bertz CT molecular complexity index is 176. The van der Waals surface area contributed by atoms with Gasteiger partial charge in [0.15, 0.2) is 0 Å². The number of allylic oxidation sites excluding steroid dienone is 1. The smallest absolute Gasteiger partial charge is 0.244 e. The van der Waals surface area contributed by atoms with E-state index in [1.807, 2.05) is 0 Å². The van der Waals surface area contributed by atoms with E-state index in [1.54, 1.807) is 0 Å². The molecule has 7 heteroatoms. The van der Waals surface area contributed by atoms with Crippen LogP contribution >= 0.6 is 11.6 Å². The van der Waals surface area contributed by atoms with Gasteiger partial charge in [0.25, 0.3) is 0 Å². The lowest BCUT2D eigenvalue weighted by Gasteiger charge is -2.19. The second-order valence-corrected chi connectivity index (χ2v) is 2.87. The lowest BCUT2D eigenvalue weighted by molar-refractivity contribution is -0.107. The Morgan fingerprint density at radius 3 is 1.60 bits per heavy atom. The van der Waals surface area contributed by atoms with Crippen molar-refractivity contribution in [3.8, 4) is 0 Å². The van der Waals surface area contributed by atoms with Crippen molar-refractivity contribution in [3.63, 3.8) is 0 Å². The van der Waals surface area contributed by atoms with Crippen LogP contribution in [0.4, 0.5) is 0 Å². The number of carbonyl (C=O) groups excluding carboxylic acids is 1. The summed E-state index contributed by atoms with van der Waals surface area (Å²) < 4.78 is 0. The van der Waals surface area contributed by atoms with Crippen molar-refractivity contribution in [2.75, 3.05) is 13.2 Å². The highest BCUT2D eigenvalue weighted by Gasteiger charge is 2.22. The summed E-state index contributed by atoms with van der Waals surface area (Å²) in [4.78, 5) is 9.46. The van der Waals surface area contributed by atoms with Crippen LogP contribution in [0.15, 0.2) is 12.7 Å². The zero-order valence-electron chi connectivity index (χ0n) is 7.95. The molecule has 0 radical (unpaired) electrons. The van der Waals surface area contributed by atoms with Gasteiger partial charge in [0, 0.05) is 0 Å². The zero-order chi connectivity index (χ0) is 12.4. The molecule has 15 heavy (non-hydrogen) atoms. The molecule has 0 amide bonds. The highest BCUT2D eigenvalue weighted by Crippen LogP contribution is 1.97. The highest BCUT2D eigenvalue weighted by atomic mass is 35.5. The SMILES string of the molecule is C=CC(=O)Cl.OCC(O)C(O)C(O)CO. The number of hydrogen-bond donors (Lipinski definition) is 5. The molecular formula is C8H15ClO6. The first-order valence-corrected chi connectivity index (χ1v) is 4.36. The lowest BCUT2D eigenvalue weighted by atomic mass is 10.1. The monoisotopic (exact) mass is 242 g/mol. The van der Waals surface area contributed by atoms with E-state index in [2.05, 4.69) is 6.58 Å². The maximum absolute atomic E-state index is 9.46. The quantitative estimate of drug-likeness (QED) is 0.281. The van der Waals surface area contributed by atoms with Gasteiger partial charge in [0.1, 0.15) is 18.3 Å². The van der Waals surface area contributed by atoms with Crippen LogP contribution in [0.5, 0.6) is 0 Å². The van der Waals surface area contributed by atoms with Gasteiger partial charge in [-0.1, -0.05) is 6.58 Å². The van der Waals surface area contributed by atoms with E-state index >= 15 is 0 Å². The van der Waals surface area contributed by atoms with Gasteiger partial charge < -0.3 is 25.5 Å². The standard InChI is InChI=1S/C5H12O5.C3H3ClO/c6-1-3(8)5(10)4(9)2-7;1-2-3(4)5/h3-10H,1-2H2;2H,1H2. The molecule has 6 nitrogen and oxygen atoms in total. The topological polar surface area (TPSA) is 118 Å². The third kappa shape index (κ3) is 9.80. The van der Waals surface area contributed by atoms with E-state index < -0.39 is 36.8 Å². The molecular weight excluding hydrogens is 228 g/mol. The van der Waals surface area contributed by atoms with Crippen LogP contribution in [0.1, 0.15) is 0 Å². The van der Waals surface area contributed by atoms with E-state index in [-0.39, 0.29) is 0 Å². The lowest BCUT2D eigenvalue weighted by Crippen LogP contribution is -2.41. The molecule has 0 saturated heterocycles. The zero-order valence-corrected chi connectivity index (χ0v) is 8.71. The van der Waals surface area contributed by atoms with Gasteiger partial charge in [-0.2, -0.15) is 0 Å². The maximum Gasteiger partial charge on any atom is 0.244 e. The Balaban J connectivity index is 0. The van der Waals surface area contributed by atoms with E-state index in [4.69, 9.17) is 37.1 Å². The van der Waals surface area contributed by atoms with Crippen LogP contribution < -0.4 is 0 Å². The molecule has 0 aliphatic carbocycles. The first-order valence-electron chi connectivity index (χ1n) is 3.98. The number of carbonyl (C=O) groups is 1. The van der Waals surface area contributed by atoms with E-state index in [0.29, 0.717) is 0 Å². The Morgan fingerprint density at radius 1 is 1.20 bits per heavy atom. The highest BCUT2D eigenvalue weighted by molar-refractivity contribution is 6.66. The van der Waals surface area contributed by atoms with Crippen LogP contribution in [0, 0.1) is 0 Å². The molecule has 0 bridgehead atoms. The normalized spacial score (nSPS) is 15.6. The summed E-state index contributed by atoms with van der Waals surface area (Å²) in [5, 5.41) is 42.1. The average Bonchev–Trinajstić information content (AvgIpc) is 2.26. The summed E-state index contributed by atoms with van der Waals surface area (Å²) in [6, 6.07) is 0. The van der Waals surface area contributed by atoms with Crippen LogP contribution in [0.3, 0.4) is 0 Å². The van der Waals surface area contributed by atoms with Crippen molar-refractivity contribution >= 4 is 16.8 Å². The van der Waals surface area contributed by atoms with Crippen molar-refractivity contribution in [2.45, 2.75) is 18.3 Å². The fourth-order valence-electron chi connectivity index (χ4n) is 0.472. The molecule has 0 aromatic rings. The van der Waals surface area contributed by atoms with Crippen molar-refractivity contribution < 1.29 is 30.3 Å². The molecule has 0 fully saturated rings. The Kier molecular flexibility index (Phi) is 11.3. The number of aliphatic hydroxyl groups excluding tert-OH is 5. The van der Waals surface area contributed by atoms with Gasteiger partial charge in [-0.25, -0.2) is 0 Å². The molecule has 0 rings (SSSR count). The third-order valence-corrected chi connectivity index (χ3v) is 1.48. The summed E-state index contributed by atoms with van der Waals surface area (Å²) in [6.07, 6.45) is -3.25. The molecule has 2 atom stereocenters. The number of halogens is 1. The molecule has 0 aromatic heterocycles. The molecule has 0 aliphatic rings. The minimum atomic E-state index is -1.49. The predicted octanol–water partition coefficient (Wildman–Crippen LogP) is -2.01. The fraction of sp³-hybridized carbons (Fsp3) is 0.625. The number of hydrogen-bond acceptors (Lipinski definition) is 6. The summed E-state index contributed by atoms with van der Waals surface area (Å²) in [7, 11) is 0. The maximum atomic E-state index is 9.46. The molecule has 0 aromatic carbocycles. The van der Waals surface area contributed by atoms with Crippen molar-refractivity contribution in [3.05, 3.63) is 12.7 Å². The van der Waals surface area contributed by atoms with E-state index in [0.717, 1.165) is 6.08 Å². The Hall–Kier alpha value is -0.500. The van der Waals surface area contributed by atoms with Gasteiger partial charge in [0.2, 0.25) is 5.24 Å². The Morgan fingerprint density at radius 2 is 1.47 bits per heavy atom. The Labute approximate surface area is 92.0 Å². The summed E-state index contributed by atoms with van der Waals surface area (Å²) >= 11 is 4.71. The van der Waals surface area contributed by atoms with Crippen LogP contribution in [-0.4, -0.2) is 62.3 Å². The van der Waals surface area contributed by atoms with E-state index in [1.165, 1.54) is 0 Å². The summed E-state index contributed by atoms with van der Waals surface area (Å²) in [5.74, 6) is 0. The second-order valence-electron chi connectivity index (χ2n) is 2.50. The first kappa shape index (κ1) is 16.9. The largest absolute Gasteiger partial charge is 0.394 e.